The lowest BCUT2D eigenvalue weighted by Crippen LogP contribution is -2.34. The molecule has 2 heterocycles. The molecule has 22 heavy (non-hydrogen) atoms. The summed E-state index contributed by atoms with van der Waals surface area (Å²) in [4.78, 5) is 12.4. The lowest BCUT2D eigenvalue weighted by molar-refractivity contribution is 0.0929. The lowest BCUT2D eigenvalue weighted by atomic mass is 10.0. The minimum Gasteiger partial charge on any atom is -0.381 e. The molecular weight excluding hydrogens is 278 g/mol. The Balaban J connectivity index is 1.72. The van der Waals surface area contributed by atoms with Gasteiger partial charge in [0.1, 0.15) is 0 Å². The highest BCUT2D eigenvalue weighted by Crippen LogP contribution is 2.20. The quantitative estimate of drug-likeness (QED) is 0.946. The smallest absolute Gasteiger partial charge is 0.251 e. The average molecular weight is 299 g/mol. The van der Waals surface area contributed by atoms with Crippen LogP contribution in [0.2, 0.25) is 0 Å². The highest BCUT2D eigenvalue weighted by atomic mass is 16.5. The Morgan fingerprint density at radius 3 is 3.05 bits per heavy atom. The molecule has 1 aromatic heterocycles. The molecule has 1 aliphatic heterocycles. The second kappa shape index (κ2) is 6.75. The van der Waals surface area contributed by atoms with Crippen LogP contribution in [0.1, 0.15) is 29.6 Å². The highest BCUT2D eigenvalue weighted by Gasteiger charge is 2.16. The van der Waals surface area contributed by atoms with Crippen molar-refractivity contribution in [1.82, 2.24) is 15.1 Å². The van der Waals surface area contributed by atoms with Crippen LogP contribution >= 0.6 is 0 Å². The van der Waals surface area contributed by atoms with E-state index in [0.29, 0.717) is 5.56 Å². The fourth-order valence-corrected chi connectivity index (χ4v) is 2.73. The highest BCUT2D eigenvalue weighted by molar-refractivity contribution is 5.95. The summed E-state index contributed by atoms with van der Waals surface area (Å²) in [5.74, 6) is -0.0161. The third-order valence-electron chi connectivity index (χ3n) is 3.95. The number of hydrogen-bond donors (Lipinski definition) is 1. The molecule has 0 saturated carbocycles. The SMILES string of the molecule is Cn1cc(-c2cccc(C(=O)NC3CCCOCC3)c2)cn1. The van der Waals surface area contributed by atoms with Gasteiger partial charge >= 0.3 is 0 Å². The molecule has 0 aliphatic carbocycles. The second-order valence-corrected chi connectivity index (χ2v) is 5.70. The van der Waals surface area contributed by atoms with Crippen LogP contribution in [0.3, 0.4) is 0 Å². The zero-order chi connectivity index (χ0) is 15.4. The summed E-state index contributed by atoms with van der Waals surface area (Å²) < 4.78 is 7.19. The molecular formula is C17H21N3O2. The lowest BCUT2D eigenvalue weighted by Gasteiger charge is -2.15. The summed E-state index contributed by atoms with van der Waals surface area (Å²) in [6.45, 7) is 1.52. The molecule has 3 rings (SSSR count). The van der Waals surface area contributed by atoms with E-state index in [9.17, 15) is 4.79 Å². The molecule has 0 bridgehead atoms. The zero-order valence-corrected chi connectivity index (χ0v) is 12.8. The number of ether oxygens (including phenoxy) is 1. The zero-order valence-electron chi connectivity index (χ0n) is 12.8. The summed E-state index contributed by atoms with van der Waals surface area (Å²) in [6.07, 6.45) is 6.61. The number of amides is 1. The van der Waals surface area contributed by atoms with Gasteiger partial charge in [-0.05, 0) is 37.0 Å². The largest absolute Gasteiger partial charge is 0.381 e. The molecule has 1 saturated heterocycles. The van der Waals surface area contributed by atoms with Crippen molar-refractivity contribution in [2.24, 2.45) is 7.05 Å². The molecule has 1 N–H and O–H groups in total. The van der Waals surface area contributed by atoms with Crippen molar-refractivity contribution < 1.29 is 9.53 Å². The van der Waals surface area contributed by atoms with E-state index in [1.807, 2.05) is 37.5 Å². The van der Waals surface area contributed by atoms with Crippen molar-refractivity contribution in [2.75, 3.05) is 13.2 Å². The minimum atomic E-state index is -0.0161. The molecule has 5 nitrogen and oxygen atoms in total. The van der Waals surface area contributed by atoms with Gasteiger partial charge in [-0.3, -0.25) is 9.48 Å². The van der Waals surface area contributed by atoms with Crippen molar-refractivity contribution in [2.45, 2.75) is 25.3 Å². The summed E-state index contributed by atoms with van der Waals surface area (Å²) in [5.41, 5.74) is 2.71. The van der Waals surface area contributed by atoms with Crippen molar-refractivity contribution in [3.05, 3.63) is 42.2 Å². The standard InChI is InChI=1S/C17H21N3O2/c1-20-12-15(11-18-20)13-4-2-5-14(10-13)17(21)19-16-6-3-8-22-9-7-16/h2,4-5,10-12,16H,3,6-9H2,1H3,(H,19,21). The van der Waals surface area contributed by atoms with Crippen LogP contribution in [-0.2, 0) is 11.8 Å². The van der Waals surface area contributed by atoms with Crippen molar-refractivity contribution in [1.29, 1.82) is 0 Å². The topological polar surface area (TPSA) is 56.2 Å². The number of aromatic nitrogens is 2. The van der Waals surface area contributed by atoms with Crippen LogP contribution in [0.4, 0.5) is 0 Å². The van der Waals surface area contributed by atoms with Crippen LogP contribution in [-0.4, -0.2) is 34.9 Å². The van der Waals surface area contributed by atoms with E-state index >= 15 is 0 Å². The molecule has 5 heteroatoms. The Bertz CT molecular complexity index is 643. The number of nitrogens with one attached hydrogen (secondary N) is 1. The predicted octanol–water partition coefficient (Wildman–Crippen LogP) is 2.39. The fourth-order valence-electron chi connectivity index (χ4n) is 2.73. The molecule has 0 spiro atoms. The average Bonchev–Trinajstić information content (AvgIpc) is 2.80. The summed E-state index contributed by atoms with van der Waals surface area (Å²) in [5, 5.41) is 7.29. The summed E-state index contributed by atoms with van der Waals surface area (Å²) in [7, 11) is 1.88. The van der Waals surface area contributed by atoms with Crippen LogP contribution in [0, 0.1) is 0 Å². The van der Waals surface area contributed by atoms with E-state index in [2.05, 4.69) is 10.4 Å². The molecule has 1 fully saturated rings. The van der Waals surface area contributed by atoms with E-state index in [0.717, 1.165) is 43.6 Å². The molecule has 1 amide bonds. The number of carbonyl (C=O) groups is 1. The van der Waals surface area contributed by atoms with Gasteiger partial charge < -0.3 is 10.1 Å². The third kappa shape index (κ3) is 3.54. The van der Waals surface area contributed by atoms with Gasteiger partial charge in [0.05, 0.1) is 6.20 Å². The molecule has 1 unspecified atom stereocenters. The first-order chi connectivity index (χ1) is 10.7. The molecule has 2 aromatic rings. The van der Waals surface area contributed by atoms with Crippen LogP contribution in [0.25, 0.3) is 11.1 Å². The third-order valence-corrected chi connectivity index (χ3v) is 3.95. The molecule has 0 radical (unpaired) electrons. The summed E-state index contributed by atoms with van der Waals surface area (Å²) in [6, 6.07) is 7.87. The molecule has 1 aromatic carbocycles. The first-order valence-electron chi connectivity index (χ1n) is 7.70. The maximum atomic E-state index is 12.4. The summed E-state index contributed by atoms with van der Waals surface area (Å²) >= 11 is 0. The first-order valence-corrected chi connectivity index (χ1v) is 7.70. The Kier molecular flexibility index (Phi) is 4.53. The number of rotatable bonds is 3. The van der Waals surface area contributed by atoms with Gasteiger partial charge in [-0.25, -0.2) is 0 Å². The van der Waals surface area contributed by atoms with Gasteiger partial charge in [0.2, 0.25) is 0 Å². The van der Waals surface area contributed by atoms with Crippen LogP contribution in [0.5, 0.6) is 0 Å². The van der Waals surface area contributed by atoms with Crippen molar-refractivity contribution in [3.63, 3.8) is 0 Å². The van der Waals surface area contributed by atoms with E-state index in [4.69, 9.17) is 4.74 Å². The Morgan fingerprint density at radius 2 is 2.23 bits per heavy atom. The monoisotopic (exact) mass is 299 g/mol. The number of hydrogen-bond acceptors (Lipinski definition) is 3. The van der Waals surface area contributed by atoms with Crippen molar-refractivity contribution in [3.8, 4) is 11.1 Å². The predicted molar refractivity (Wildman–Crippen MR) is 84.6 cm³/mol. The van der Waals surface area contributed by atoms with Gasteiger partial charge in [0, 0.05) is 43.6 Å². The Labute approximate surface area is 130 Å². The fraction of sp³-hybridized carbons (Fsp3) is 0.412. The van der Waals surface area contributed by atoms with Crippen molar-refractivity contribution >= 4 is 5.91 Å². The number of benzene rings is 1. The van der Waals surface area contributed by atoms with Crippen LogP contribution < -0.4 is 5.32 Å². The first kappa shape index (κ1) is 14.8. The second-order valence-electron chi connectivity index (χ2n) is 5.70. The van der Waals surface area contributed by atoms with E-state index < -0.39 is 0 Å². The van der Waals surface area contributed by atoms with Gasteiger partial charge in [0.15, 0.2) is 0 Å². The normalized spacial score (nSPS) is 18.7. The Hall–Kier alpha value is -2.14. The molecule has 1 aliphatic rings. The van der Waals surface area contributed by atoms with Gasteiger partial charge in [-0.1, -0.05) is 12.1 Å². The maximum Gasteiger partial charge on any atom is 0.251 e. The van der Waals surface area contributed by atoms with Gasteiger partial charge in [-0.15, -0.1) is 0 Å². The number of carbonyl (C=O) groups excluding carboxylic acids is 1. The Morgan fingerprint density at radius 1 is 1.32 bits per heavy atom. The maximum absolute atomic E-state index is 12.4. The van der Waals surface area contributed by atoms with E-state index in [1.54, 1.807) is 10.9 Å². The number of aryl methyl sites for hydroxylation is 1. The molecule has 1 atom stereocenters. The number of nitrogens with zero attached hydrogens (tertiary/aromatic N) is 2. The van der Waals surface area contributed by atoms with Crippen LogP contribution in [0.15, 0.2) is 36.7 Å². The van der Waals surface area contributed by atoms with Gasteiger partial charge in [-0.2, -0.15) is 5.10 Å². The minimum absolute atomic E-state index is 0.0161. The van der Waals surface area contributed by atoms with E-state index in [1.165, 1.54) is 0 Å². The van der Waals surface area contributed by atoms with Gasteiger partial charge in [0.25, 0.3) is 5.91 Å². The van der Waals surface area contributed by atoms with E-state index in [-0.39, 0.29) is 11.9 Å². The molecule has 116 valence electrons.